The van der Waals surface area contributed by atoms with Crippen LogP contribution in [-0.4, -0.2) is 56.7 Å². The van der Waals surface area contributed by atoms with Gasteiger partial charge in [-0.15, -0.1) is 0 Å². The van der Waals surface area contributed by atoms with Crippen LogP contribution in [0.5, 0.6) is 0 Å². The number of nitrogens with zero attached hydrogens (tertiary/aromatic N) is 2. The predicted octanol–water partition coefficient (Wildman–Crippen LogP) is 2.57. The molecule has 0 saturated carbocycles. The van der Waals surface area contributed by atoms with Crippen LogP contribution in [0.25, 0.3) is 0 Å². The van der Waals surface area contributed by atoms with E-state index in [4.69, 9.17) is 4.74 Å². The van der Waals surface area contributed by atoms with Gasteiger partial charge in [0.15, 0.2) is 0 Å². The quantitative estimate of drug-likeness (QED) is 0.697. The number of hydrogen-bond donors (Lipinski definition) is 2. The molecular weight excluding hydrogens is 418 g/mol. The fourth-order valence-electron chi connectivity index (χ4n) is 4.04. The molecule has 0 spiro atoms. The van der Waals surface area contributed by atoms with Crippen molar-refractivity contribution in [1.29, 1.82) is 0 Å². The van der Waals surface area contributed by atoms with Gasteiger partial charge in [-0.05, 0) is 42.0 Å². The molecule has 2 aliphatic heterocycles. The van der Waals surface area contributed by atoms with Gasteiger partial charge in [-0.1, -0.05) is 12.1 Å². The van der Waals surface area contributed by atoms with E-state index in [0.717, 1.165) is 18.8 Å². The second kappa shape index (κ2) is 9.35. The van der Waals surface area contributed by atoms with Gasteiger partial charge in [0.1, 0.15) is 11.6 Å². The molecule has 4 rings (SSSR count). The summed E-state index contributed by atoms with van der Waals surface area (Å²) < 4.78 is 31.5. The van der Waals surface area contributed by atoms with Crippen LogP contribution in [-0.2, 0) is 9.53 Å². The van der Waals surface area contributed by atoms with Gasteiger partial charge in [0.25, 0.3) is 0 Å². The monoisotopic (exact) mass is 442 g/mol. The highest BCUT2D eigenvalue weighted by Gasteiger charge is 2.34. The molecule has 0 aromatic heterocycles. The number of piperazine rings is 1. The Morgan fingerprint density at radius 3 is 2.19 bits per heavy atom. The maximum atomic E-state index is 13.4. The van der Waals surface area contributed by atoms with Crippen molar-refractivity contribution in [3.05, 3.63) is 77.0 Å². The van der Waals surface area contributed by atoms with E-state index in [1.807, 2.05) is 0 Å². The van der Waals surface area contributed by atoms with Crippen LogP contribution in [0.3, 0.4) is 0 Å². The van der Waals surface area contributed by atoms with Crippen molar-refractivity contribution < 1.29 is 23.1 Å². The second-order valence-electron chi connectivity index (χ2n) is 7.71. The first kappa shape index (κ1) is 21.8. The number of hydrogen-bond acceptors (Lipinski definition) is 5. The van der Waals surface area contributed by atoms with E-state index < -0.39 is 23.9 Å². The van der Waals surface area contributed by atoms with Gasteiger partial charge >= 0.3 is 12.0 Å². The molecule has 0 radical (unpaired) electrons. The Morgan fingerprint density at radius 2 is 1.59 bits per heavy atom. The van der Waals surface area contributed by atoms with Gasteiger partial charge in [0.05, 0.1) is 18.7 Å². The molecule has 0 bridgehead atoms. The number of methoxy groups -OCH3 is 1. The Hall–Kier alpha value is -3.46. The number of carbonyl (C=O) groups is 2. The van der Waals surface area contributed by atoms with E-state index in [0.29, 0.717) is 36.5 Å². The molecular formula is C23H24F2N4O3. The number of rotatable bonds is 5. The average Bonchev–Trinajstić information content (AvgIpc) is 2.80. The fraction of sp³-hybridized carbons (Fsp3) is 0.304. The number of nitrogens with one attached hydrogen (secondary N) is 2. The van der Waals surface area contributed by atoms with Gasteiger partial charge in [-0.2, -0.15) is 0 Å². The third-order valence-corrected chi connectivity index (χ3v) is 5.71. The smallest absolute Gasteiger partial charge is 0.338 e. The fourth-order valence-corrected chi connectivity index (χ4v) is 4.04. The number of amides is 2. The first-order valence-corrected chi connectivity index (χ1v) is 10.3. The van der Waals surface area contributed by atoms with Crippen LogP contribution >= 0.6 is 0 Å². The van der Waals surface area contributed by atoms with Crippen LogP contribution in [0, 0.1) is 11.6 Å². The molecule has 7 nitrogen and oxygen atoms in total. The van der Waals surface area contributed by atoms with Crippen LogP contribution < -0.4 is 15.5 Å². The lowest BCUT2D eigenvalue weighted by molar-refractivity contribution is -0.136. The molecule has 2 aliphatic rings. The maximum absolute atomic E-state index is 13.4. The SMILES string of the molecule is COC(=O)C1=C(CN2CCN(c3ccc(F)cc3)CC2)NC(=O)N[C@@H]1c1ccc(F)cc1. The number of benzene rings is 2. The molecule has 168 valence electrons. The lowest BCUT2D eigenvalue weighted by Gasteiger charge is -2.38. The summed E-state index contributed by atoms with van der Waals surface area (Å²) in [5.41, 5.74) is 2.29. The Kier molecular flexibility index (Phi) is 6.36. The predicted molar refractivity (Wildman–Crippen MR) is 115 cm³/mol. The van der Waals surface area contributed by atoms with Crippen molar-refractivity contribution in [3.63, 3.8) is 0 Å². The Labute approximate surface area is 184 Å². The van der Waals surface area contributed by atoms with Crippen molar-refractivity contribution in [2.75, 3.05) is 44.7 Å². The maximum Gasteiger partial charge on any atom is 0.338 e. The topological polar surface area (TPSA) is 73.9 Å². The number of urea groups is 1. The molecule has 2 aromatic carbocycles. The number of anilines is 1. The summed E-state index contributed by atoms with van der Waals surface area (Å²) in [6.45, 7) is 3.19. The molecule has 0 unspecified atom stereocenters. The van der Waals surface area contributed by atoms with E-state index >= 15 is 0 Å². The summed E-state index contributed by atoms with van der Waals surface area (Å²) in [4.78, 5) is 29.3. The van der Waals surface area contributed by atoms with Crippen molar-refractivity contribution in [1.82, 2.24) is 15.5 Å². The molecule has 2 aromatic rings. The molecule has 0 aliphatic carbocycles. The van der Waals surface area contributed by atoms with E-state index in [2.05, 4.69) is 20.4 Å². The first-order chi connectivity index (χ1) is 15.4. The Balaban J connectivity index is 1.53. The summed E-state index contributed by atoms with van der Waals surface area (Å²) in [5, 5.41) is 5.48. The minimum absolute atomic E-state index is 0.271. The van der Waals surface area contributed by atoms with E-state index in [1.165, 1.54) is 43.5 Å². The van der Waals surface area contributed by atoms with E-state index in [1.54, 1.807) is 12.1 Å². The minimum Gasteiger partial charge on any atom is -0.466 e. The number of carbonyl (C=O) groups excluding carboxylic acids is 2. The zero-order valence-corrected chi connectivity index (χ0v) is 17.6. The summed E-state index contributed by atoms with van der Waals surface area (Å²) in [7, 11) is 1.28. The molecule has 1 atom stereocenters. The highest BCUT2D eigenvalue weighted by Crippen LogP contribution is 2.28. The first-order valence-electron chi connectivity index (χ1n) is 10.3. The summed E-state index contributed by atoms with van der Waals surface area (Å²) in [5.74, 6) is -1.24. The lowest BCUT2D eigenvalue weighted by atomic mass is 9.95. The summed E-state index contributed by atoms with van der Waals surface area (Å²) >= 11 is 0. The summed E-state index contributed by atoms with van der Waals surface area (Å²) in [6, 6.07) is 10.8. The molecule has 2 heterocycles. The van der Waals surface area contributed by atoms with Crippen LogP contribution in [0.2, 0.25) is 0 Å². The molecule has 2 amide bonds. The molecule has 32 heavy (non-hydrogen) atoms. The largest absolute Gasteiger partial charge is 0.466 e. The lowest BCUT2D eigenvalue weighted by Crippen LogP contribution is -2.51. The standard InChI is InChI=1S/C23H24F2N4O3/c1-32-22(30)20-19(26-23(31)27-21(20)15-2-4-16(24)5-3-15)14-28-10-12-29(13-11-28)18-8-6-17(25)7-9-18/h2-9,21H,10-14H2,1H3,(H2,26,27,31)/t21-/m1/s1. The third-order valence-electron chi connectivity index (χ3n) is 5.71. The second-order valence-corrected chi connectivity index (χ2v) is 7.71. The molecule has 1 fully saturated rings. The zero-order chi connectivity index (χ0) is 22.7. The van der Waals surface area contributed by atoms with Gasteiger partial charge in [-0.3, -0.25) is 4.90 Å². The zero-order valence-electron chi connectivity index (χ0n) is 17.6. The molecule has 9 heteroatoms. The van der Waals surface area contributed by atoms with Crippen LogP contribution in [0.1, 0.15) is 11.6 Å². The highest BCUT2D eigenvalue weighted by atomic mass is 19.1. The van der Waals surface area contributed by atoms with Gasteiger partial charge in [0.2, 0.25) is 0 Å². The van der Waals surface area contributed by atoms with Gasteiger partial charge < -0.3 is 20.3 Å². The Morgan fingerprint density at radius 1 is 1.00 bits per heavy atom. The number of halogens is 2. The minimum atomic E-state index is -0.743. The van der Waals surface area contributed by atoms with Crippen LogP contribution in [0.15, 0.2) is 59.8 Å². The third kappa shape index (κ3) is 4.72. The van der Waals surface area contributed by atoms with Crippen molar-refractivity contribution >= 4 is 17.7 Å². The Bertz CT molecular complexity index is 1020. The summed E-state index contributed by atoms with van der Waals surface area (Å²) in [6.07, 6.45) is 0. The molecule has 2 N–H and O–H groups in total. The van der Waals surface area contributed by atoms with E-state index in [9.17, 15) is 18.4 Å². The van der Waals surface area contributed by atoms with Crippen molar-refractivity contribution in [2.24, 2.45) is 0 Å². The number of esters is 1. The molecule has 1 saturated heterocycles. The van der Waals surface area contributed by atoms with Crippen molar-refractivity contribution in [2.45, 2.75) is 6.04 Å². The normalized spacial score (nSPS) is 19.4. The number of ether oxygens (including phenoxy) is 1. The average molecular weight is 442 g/mol. The highest BCUT2D eigenvalue weighted by molar-refractivity contribution is 5.95. The van der Waals surface area contributed by atoms with Crippen LogP contribution in [0.4, 0.5) is 19.3 Å². The van der Waals surface area contributed by atoms with Gasteiger partial charge in [0, 0.05) is 44.1 Å². The van der Waals surface area contributed by atoms with E-state index in [-0.39, 0.29) is 5.82 Å². The van der Waals surface area contributed by atoms with Crippen molar-refractivity contribution in [3.8, 4) is 0 Å². The van der Waals surface area contributed by atoms with Gasteiger partial charge in [-0.25, -0.2) is 18.4 Å².